The molecule has 0 aliphatic carbocycles. The summed E-state index contributed by atoms with van der Waals surface area (Å²) in [7, 11) is 3.78. The first kappa shape index (κ1) is 8.40. The number of nitrogens with zero attached hydrogens (tertiary/aromatic N) is 2. The fourth-order valence-corrected chi connectivity index (χ4v) is 1.35. The molecule has 0 aromatic rings. The van der Waals surface area contributed by atoms with Gasteiger partial charge in [0, 0.05) is 32.4 Å². The van der Waals surface area contributed by atoms with Crippen LogP contribution in [0.3, 0.4) is 0 Å². The minimum Gasteiger partial charge on any atom is -0.354 e. The summed E-state index contributed by atoms with van der Waals surface area (Å²) in [6.45, 7) is 5.80. The molecule has 0 bridgehead atoms. The lowest BCUT2D eigenvalue weighted by Crippen LogP contribution is -2.48. The standard InChI is InChI=1S/C8H16N2O/c1-6-7(2)10(5)8(3,11)9(6)4/h11H,1-5H3. The molecule has 0 aromatic carbocycles. The summed E-state index contributed by atoms with van der Waals surface area (Å²) in [4.78, 5) is 3.73. The molecule has 1 N–H and O–H groups in total. The average molecular weight is 156 g/mol. The predicted molar refractivity (Wildman–Crippen MR) is 44.5 cm³/mol. The molecule has 0 unspecified atom stereocenters. The summed E-state index contributed by atoms with van der Waals surface area (Å²) in [5.74, 6) is -0.853. The molecule has 0 saturated heterocycles. The second kappa shape index (κ2) is 2.14. The van der Waals surface area contributed by atoms with E-state index in [9.17, 15) is 5.11 Å². The Morgan fingerprint density at radius 3 is 1.45 bits per heavy atom. The quantitative estimate of drug-likeness (QED) is 0.561. The van der Waals surface area contributed by atoms with Crippen molar-refractivity contribution in [3.8, 4) is 0 Å². The fourth-order valence-electron chi connectivity index (χ4n) is 1.35. The van der Waals surface area contributed by atoms with Gasteiger partial charge in [0.25, 0.3) is 0 Å². The molecule has 0 fully saturated rings. The lowest BCUT2D eigenvalue weighted by atomic mass is 10.4. The summed E-state index contributed by atoms with van der Waals surface area (Å²) in [5.41, 5.74) is 2.25. The maximum Gasteiger partial charge on any atom is 0.215 e. The third-order valence-corrected chi connectivity index (χ3v) is 2.80. The maximum absolute atomic E-state index is 9.88. The molecule has 1 rings (SSSR count). The van der Waals surface area contributed by atoms with E-state index >= 15 is 0 Å². The van der Waals surface area contributed by atoms with Crippen molar-refractivity contribution in [3.63, 3.8) is 0 Å². The van der Waals surface area contributed by atoms with Crippen LogP contribution in [-0.2, 0) is 0 Å². The van der Waals surface area contributed by atoms with Crippen LogP contribution in [0.2, 0.25) is 0 Å². The lowest BCUT2D eigenvalue weighted by Gasteiger charge is -2.35. The zero-order valence-corrected chi connectivity index (χ0v) is 7.84. The largest absolute Gasteiger partial charge is 0.354 e. The van der Waals surface area contributed by atoms with Gasteiger partial charge in [0.1, 0.15) is 0 Å². The highest BCUT2D eigenvalue weighted by atomic mass is 16.3. The van der Waals surface area contributed by atoms with Gasteiger partial charge in [0.05, 0.1) is 0 Å². The molecule has 0 aromatic heterocycles. The van der Waals surface area contributed by atoms with E-state index in [1.807, 2.05) is 37.7 Å². The maximum atomic E-state index is 9.88. The highest BCUT2D eigenvalue weighted by Gasteiger charge is 2.38. The minimum atomic E-state index is -0.853. The number of allylic oxidation sites excluding steroid dienone is 2. The summed E-state index contributed by atoms with van der Waals surface area (Å²) in [6, 6.07) is 0. The Hall–Kier alpha value is -0.700. The van der Waals surface area contributed by atoms with Gasteiger partial charge < -0.3 is 14.9 Å². The molecule has 3 heteroatoms. The van der Waals surface area contributed by atoms with Crippen molar-refractivity contribution in [2.45, 2.75) is 26.6 Å². The zero-order valence-electron chi connectivity index (χ0n) is 7.84. The van der Waals surface area contributed by atoms with Crippen molar-refractivity contribution in [3.05, 3.63) is 11.4 Å². The molecule has 0 saturated carbocycles. The van der Waals surface area contributed by atoms with E-state index in [0.717, 1.165) is 11.4 Å². The van der Waals surface area contributed by atoms with Crippen LogP contribution in [0, 0.1) is 0 Å². The first-order valence-electron chi connectivity index (χ1n) is 3.76. The molecule has 64 valence electrons. The van der Waals surface area contributed by atoms with E-state index in [4.69, 9.17) is 0 Å². The number of hydrogen-bond acceptors (Lipinski definition) is 3. The van der Waals surface area contributed by atoms with Gasteiger partial charge in [0.2, 0.25) is 5.85 Å². The number of hydrogen-bond donors (Lipinski definition) is 1. The topological polar surface area (TPSA) is 26.7 Å². The Morgan fingerprint density at radius 2 is 1.36 bits per heavy atom. The fraction of sp³-hybridized carbons (Fsp3) is 0.750. The number of aliphatic hydroxyl groups is 1. The third-order valence-electron chi connectivity index (χ3n) is 2.80. The highest BCUT2D eigenvalue weighted by Crippen LogP contribution is 2.31. The van der Waals surface area contributed by atoms with Crippen LogP contribution >= 0.6 is 0 Å². The molecular formula is C8H16N2O. The van der Waals surface area contributed by atoms with E-state index in [1.165, 1.54) is 0 Å². The van der Waals surface area contributed by atoms with Crippen LogP contribution in [0.15, 0.2) is 11.4 Å². The van der Waals surface area contributed by atoms with Gasteiger partial charge in [-0.15, -0.1) is 0 Å². The van der Waals surface area contributed by atoms with Crippen molar-refractivity contribution in [2.75, 3.05) is 14.1 Å². The third kappa shape index (κ3) is 0.913. The molecular weight excluding hydrogens is 140 g/mol. The van der Waals surface area contributed by atoms with Crippen LogP contribution in [-0.4, -0.2) is 34.9 Å². The van der Waals surface area contributed by atoms with E-state index in [1.54, 1.807) is 6.92 Å². The summed E-state index contributed by atoms with van der Waals surface area (Å²) in [6.07, 6.45) is 0. The Labute approximate surface area is 67.9 Å². The van der Waals surface area contributed by atoms with Crippen LogP contribution in [0.25, 0.3) is 0 Å². The van der Waals surface area contributed by atoms with Gasteiger partial charge in [-0.05, 0) is 13.8 Å². The second-order valence-corrected chi connectivity index (χ2v) is 3.26. The molecule has 0 spiro atoms. The molecule has 1 aliphatic rings. The van der Waals surface area contributed by atoms with Crippen molar-refractivity contribution in [1.82, 2.24) is 9.80 Å². The first-order chi connectivity index (χ1) is 4.89. The summed E-state index contributed by atoms with van der Waals surface area (Å²) >= 11 is 0. The molecule has 11 heavy (non-hydrogen) atoms. The molecule has 1 aliphatic heterocycles. The second-order valence-electron chi connectivity index (χ2n) is 3.26. The van der Waals surface area contributed by atoms with Crippen LogP contribution < -0.4 is 0 Å². The first-order valence-corrected chi connectivity index (χ1v) is 3.76. The lowest BCUT2D eigenvalue weighted by molar-refractivity contribution is -0.136. The molecule has 0 amide bonds. The van der Waals surface area contributed by atoms with Crippen molar-refractivity contribution in [1.29, 1.82) is 0 Å². The molecule has 1 heterocycles. The minimum absolute atomic E-state index is 0.853. The van der Waals surface area contributed by atoms with Gasteiger partial charge in [-0.1, -0.05) is 0 Å². The predicted octanol–water partition coefficient (Wildman–Crippen LogP) is 0.781. The van der Waals surface area contributed by atoms with Gasteiger partial charge in [-0.3, -0.25) is 0 Å². The average Bonchev–Trinajstić information content (AvgIpc) is 2.06. The van der Waals surface area contributed by atoms with Crippen LogP contribution in [0.4, 0.5) is 0 Å². The smallest absolute Gasteiger partial charge is 0.215 e. The Balaban J connectivity index is 3.02. The van der Waals surface area contributed by atoms with Crippen molar-refractivity contribution in [2.24, 2.45) is 0 Å². The van der Waals surface area contributed by atoms with Gasteiger partial charge in [0.15, 0.2) is 0 Å². The van der Waals surface area contributed by atoms with Gasteiger partial charge in [-0.25, -0.2) is 0 Å². The van der Waals surface area contributed by atoms with Crippen LogP contribution in [0.1, 0.15) is 20.8 Å². The zero-order chi connectivity index (χ0) is 8.81. The van der Waals surface area contributed by atoms with Crippen molar-refractivity contribution < 1.29 is 5.11 Å². The van der Waals surface area contributed by atoms with E-state index in [-0.39, 0.29) is 0 Å². The monoisotopic (exact) mass is 156 g/mol. The van der Waals surface area contributed by atoms with E-state index < -0.39 is 5.85 Å². The molecule has 0 atom stereocenters. The van der Waals surface area contributed by atoms with Crippen molar-refractivity contribution >= 4 is 0 Å². The van der Waals surface area contributed by atoms with Gasteiger partial charge >= 0.3 is 0 Å². The molecule has 0 radical (unpaired) electrons. The van der Waals surface area contributed by atoms with E-state index in [2.05, 4.69) is 0 Å². The number of rotatable bonds is 0. The Bertz CT molecular complexity index is 188. The van der Waals surface area contributed by atoms with E-state index in [0.29, 0.717) is 0 Å². The Kier molecular flexibility index (Phi) is 1.63. The summed E-state index contributed by atoms with van der Waals surface area (Å²) in [5, 5.41) is 9.88. The highest BCUT2D eigenvalue weighted by molar-refractivity contribution is 5.16. The molecule has 3 nitrogen and oxygen atoms in total. The SMILES string of the molecule is CC1=C(C)N(C)C(C)(O)N1C. The Morgan fingerprint density at radius 1 is 1.09 bits per heavy atom. The van der Waals surface area contributed by atoms with Gasteiger partial charge in [-0.2, -0.15) is 0 Å². The normalized spacial score (nSPS) is 23.5. The summed E-state index contributed by atoms with van der Waals surface area (Å²) < 4.78 is 0. The van der Waals surface area contributed by atoms with Crippen LogP contribution in [0.5, 0.6) is 0 Å².